The van der Waals surface area contributed by atoms with Crippen molar-refractivity contribution in [3.05, 3.63) is 127 Å². The molecule has 0 atom stereocenters. The molecule has 0 spiro atoms. The first kappa shape index (κ1) is 32.1. The smallest absolute Gasteiger partial charge is 0.415 e. The van der Waals surface area contributed by atoms with Crippen LogP contribution in [0, 0.1) is 6.07 Å². The topological polar surface area (TPSA) is 63.8 Å². The van der Waals surface area contributed by atoms with Crippen LogP contribution < -0.4 is 0 Å². The molecule has 9 heteroatoms. The second kappa shape index (κ2) is 12.1. The molecule has 3 heterocycles. The Morgan fingerprint density at radius 2 is 1.45 bits per heavy atom. The van der Waals surface area contributed by atoms with Gasteiger partial charge >= 0.3 is 6.18 Å². The van der Waals surface area contributed by atoms with E-state index in [9.17, 15) is 18.3 Å². The van der Waals surface area contributed by atoms with Gasteiger partial charge in [-0.3, -0.25) is 9.97 Å². The van der Waals surface area contributed by atoms with E-state index in [-0.39, 0.29) is 37.8 Å². The number of aromatic hydroxyl groups is 1. The summed E-state index contributed by atoms with van der Waals surface area (Å²) in [6, 6.07) is 29.8. The van der Waals surface area contributed by atoms with E-state index in [4.69, 9.17) is 4.98 Å². The molecule has 0 bridgehead atoms. The summed E-state index contributed by atoms with van der Waals surface area (Å²) in [5, 5.41) is 11.1. The predicted octanol–water partition coefficient (Wildman–Crippen LogP) is 9.79. The number of hydrogen-bond donors (Lipinski definition) is 1. The van der Waals surface area contributed by atoms with Crippen LogP contribution >= 0.6 is 0 Å². The number of fused-ring (bicyclic) bond motifs is 2. The maximum Gasteiger partial charge on any atom is 0.415 e. The third-order valence-electron chi connectivity index (χ3n) is 8.11. The third-order valence-corrected chi connectivity index (χ3v) is 8.11. The van der Waals surface area contributed by atoms with Crippen molar-refractivity contribution in [2.45, 2.75) is 32.4 Å². The van der Waals surface area contributed by atoms with Crippen LogP contribution in [-0.2, 0) is 32.7 Å². The zero-order chi connectivity index (χ0) is 32.2. The Hall–Kier alpha value is -4.81. The van der Waals surface area contributed by atoms with E-state index in [1.54, 1.807) is 36.7 Å². The van der Waals surface area contributed by atoms with Gasteiger partial charge in [-0.25, -0.2) is 0 Å². The predicted molar refractivity (Wildman–Crippen MR) is 175 cm³/mol. The van der Waals surface area contributed by atoms with E-state index in [2.05, 4.69) is 48.9 Å². The first-order valence-electron chi connectivity index (χ1n) is 14.7. The van der Waals surface area contributed by atoms with Crippen LogP contribution in [0.25, 0.3) is 61.3 Å². The first-order chi connectivity index (χ1) is 22.0. The zero-order valence-corrected chi connectivity index (χ0v) is 27.9. The second-order valence-electron chi connectivity index (χ2n) is 12.2. The summed E-state index contributed by atoms with van der Waals surface area (Å²) in [6.07, 6.45) is 0.104. The van der Waals surface area contributed by atoms with E-state index in [0.717, 1.165) is 34.5 Å². The summed E-state index contributed by atoms with van der Waals surface area (Å²) >= 11 is 0. The number of benzene rings is 4. The van der Waals surface area contributed by atoms with Gasteiger partial charge < -0.3 is 14.7 Å². The molecule has 0 saturated heterocycles. The van der Waals surface area contributed by atoms with Crippen molar-refractivity contribution in [3.63, 3.8) is 0 Å². The van der Waals surface area contributed by atoms with Gasteiger partial charge in [-0.05, 0) is 65.2 Å². The maximum absolute atomic E-state index is 13.9. The van der Waals surface area contributed by atoms with E-state index in [0.29, 0.717) is 38.9 Å². The van der Waals surface area contributed by atoms with Crippen LogP contribution in [0.3, 0.4) is 0 Å². The molecule has 0 aliphatic heterocycles. The molecule has 0 saturated carbocycles. The van der Waals surface area contributed by atoms with E-state index in [1.807, 2.05) is 47.0 Å². The largest absolute Gasteiger partial charge is 0.507 e. The molecule has 0 fully saturated rings. The Balaban J connectivity index is 0.00000386. The Labute approximate surface area is 284 Å². The van der Waals surface area contributed by atoms with Crippen molar-refractivity contribution in [1.29, 1.82) is 0 Å². The standard InChI is InChI=1S/C38H28F3N4O.Pt/c1-37(2,3)26-13-15-28(16-14-26)45-32-11-6-10-30(29-9-4-5-12-33(29)46)35(32)44-36(45)25-18-24(21-42-22-25)31-20-27(38(39,40)41)19-23-8-7-17-43-34(23)31;/h4-17,19-22,46H,1-3H3;/q-1;. The van der Waals surface area contributed by atoms with Gasteiger partial charge in [0, 0.05) is 55.2 Å². The molecule has 0 aliphatic carbocycles. The van der Waals surface area contributed by atoms with Crippen molar-refractivity contribution >= 4 is 21.9 Å². The van der Waals surface area contributed by atoms with Crippen LogP contribution in [-0.4, -0.2) is 24.6 Å². The molecule has 238 valence electrons. The molecule has 3 aromatic heterocycles. The fourth-order valence-electron chi connectivity index (χ4n) is 5.78. The molecule has 0 unspecified atom stereocenters. The van der Waals surface area contributed by atoms with Crippen LogP contribution in [0.1, 0.15) is 31.9 Å². The average molecular weight is 809 g/mol. The van der Waals surface area contributed by atoms with Gasteiger partial charge in [-0.1, -0.05) is 92.1 Å². The summed E-state index contributed by atoms with van der Waals surface area (Å²) in [4.78, 5) is 13.9. The maximum atomic E-state index is 13.9. The number of nitrogens with zero attached hydrogens (tertiary/aromatic N) is 4. The number of halogens is 3. The van der Waals surface area contributed by atoms with E-state index >= 15 is 0 Å². The van der Waals surface area contributed by atoms with Gasteiger partial charge in [-0.15, -0.1) is 6.07 Å². The van der Waals surface area contributed by atoms with Crippen molar-refractivity contribution in [2.75, 3.05) is 0 Å². The number of aromatic nitrogens is 4. The number of para-hydroxylation sites is 2. The van der Waals surface area contributed by atoms with Crippen LogP contribution in [0.2, 0.25) is 0 Å². The minimum absolute atomic E-state index is 0. The Bertz CT molecular complexity index is 2250. The normalized spacial score (nSPS) is 12.0. The van der Waals surface area contributed by atoms with Crippen molar-refractivity contribution in [1.82, 2.24) is 19.5 Å². The monoisotopic (exact) mass is 808 g/mol. The first-order valence-corrected chi connectivity index (χ1v) is 14.7. The Morgan fingerprint density at radius 1 is 0.723 bits per heavy atom. The quantitative estimate of drug-likeness (QED) is 0.180. The molecule has 7 aromatic rings. The van der Waals surface area contributed by atoms with Crippen LogP contribution in [0.15, 0.2) is 110 Å². The van der Waals surface area contributed by atoms with Gasteiger partial charge in [0.15, 0.2) is 0 Å². The summed E-state index contributed by atoms with van der Waals surface area (Å²) in [5.41, 5.74) is 5.49. The van der Waals surface area contributed by atoms with Gasteiger partial charge in [-0.2, -0.15) is 13.2 Å². The number of phenolic OH excluding ortho intramolecular Hbond substituents is 1. The number of hydrogen-bond acceptors (Lipinski definition) is 4. The Kier molecular flexibility index (Phi) is 8.27. The minimum Gasteiger partial charge on any atom is -0.507 e. The van der Waals surface area contributed by atoms with Crippen LogP contribution in [0.5, 0.6) is 5.75 Å². The molecule has 1 N–H and O–H groups in total. The molecule has 4 aromatic carbocycles. The molecule has 0 aliphatic rings. The third kappa shape index (κ3) is 5.94. The summed E-state index contributed by atoms with van der Waals surface area (Å²) in [7, 11) is 0. The zero-order valence-electron chi connectivity index (χ0n) is 25.6. The van der Waals surface area contributed by atoms with Gasteiger partial charge in [0.25, 0.3) is 0 Å². The van der Waals surface area contributed by atoms with Crippen molar-refractivity contribution in [2.24, 2.45) is 0 Å². The molecule has 0 radical (unpaired) electrons. The summed E-state index contributed by atoms with van der Waals surface area (Å²) in [6.45, 7) is 6.45. The number of alkyl halides is 3. The SMILES string of the molecule is CC(C)(C)c1ccc(-n2c(-c3[c-]c(-c4cc(C(F)(F)F)cc5cccnc45)cnc3)nc3c(-c4ccccc4O)cccc32)cc1.[Pt]. The van der Waals surface area contributed by atoms with E-state index < -0.39 is 11.7 Å². The molecule has 47 heavy (non-hydrogen) atoms. The van der Waals surface area contributed by atoms with Gasteiger partial charge in [0.1, 0.15) is 5.75 Å². The van der Waals surface area contributed by atoms with Crippen molar-refractivity contribution in [3.8, 4) is 45.1 Å². The molecular weight excluding hydrogens is 781 g/mol. The fourth-order valence-corrected chi connectivity index (χ4v) is 5.78. The molecule has 5 nitrogen and oxygen atoms in total. The minimum atomic E-state index is -4.55. The number of rotatable bonds is 4. The van der Waals surface area contributed by atoms with Crippen LogP contribution in [0.4, 0.5) is 13.2 Å². The van der Waals surface area contributed by atoms with Crippen molar-refractivity contribution < 1.29 is 39.3 Å². The molecule has 7 rings (SSSR count). The molecular formula is C38H28F3N4OPt-. The Morgan fingerprint density at radius 3 is 2.17 bits per heavy atom. The number of imidazole rings is 1. The number of pyridine rings is 2. The molecule has 0 amide bonds. The second-order valence-corrected chi connectivity index (χ2v) is 12.2. The summed E-state index contributed by atoms with van der Waals surface area (Å²) < 4.78 is 43.8. The number of phenols is 1. The fraction of sp³-hybridized carbons (Fsp3) is 0.132. The van der Waals surface area contributed by atoms with E-state index in [1.165, 1.54) is 6.20 Å². The average Bonchev–Trinajstić information content (AvgIpc) is 3.44. The van der Waals surface area contributed by atoms with Gasteiger partial charge in [0.05, 0.1) is 16.9 Å². The summed E-state index contributed by atoms with van der Waals surface area (Å²) in [5.74, 6) is 0.625. The van der Waals surface area contributed by atoms with Gasteiger partial charge in [0.2, 0.25) is 0 Å².